The number of nitrogens with zero attached hydrogens (tertiary/aromatic N) is 2. The normalized spacial score (nSPS) is 24.0. The third-order valence-electron chi connectivity index (χ3n) is 3.88. The zero-order chi connectivity index (χ0) is 12.4. The molecule has 2 atom stereocenters. The Kier molecular flexibility index (Phi) is 3.65. The van der Waals surface area contributed by atoms with E-state index in [4.69, 9.17) is 9.97 Å². The van der Waals surface area contributed by atoms with E-state index in [-0.39, 0.29) is 0 Å². The van der Waals surface area contributed by atoms with Crippen LogP contribution in [0.25, 0.3) is 0 Å². The highest BCUT2D eigenvalue weighted by Crippen LogP contribution is 2.37. The molecule has 3 heteroatoms. The van der Waals surface area contributed by atoms with Crippen molar-refractivity contribution in [3.05, 3.63) is 17.1 Å². The van der Waals surface area contributed by atoms with Gasteiger partial charge in [0.1, 0.15) is 11.6 Å². The van der Waals surface area contributed by atoms with Gasteiger partial charge in [0.2, 0.25) is 0 Å². The molecule has 94 valence electrons. The smallest absolute Gasteiger partial charge is 0.134 e. The maximum absolute atomic E-state index is 4.72. The second-order valence-corrected chi connectivity index (χ2v) is 5.21. The molecule has 1 aromatic heterocycles. The second-order valence-electron chi connectivity index (χ2n) is 5.21. The third-order valence-corrected chi connectivity index (χ3v) is 3.88. The molecule has 0 bridgehead atoms. The molecule has 17 heavy (non-hydrogen) atoms. The van der Waals surface area contributed by atoms with E-state index >= 15 is 0 Å². The van der Waals surface area contributed by atoms with E-state index in [1.54, 1.807) is 0 Å². The Balaban J connectivity index is 2.33. The Morgan fingerprint density at radius 1 is 1.29 bits per heavy atom. The zero-order valence-corrected chi connectivity index (χ0v) is 11.4. The van der Waals surface area contributed by atoms with Crippen LogP contribution in [0.5, 0.6) is 0 Å². The lowest BCUT2D eigenvalue weighted by Gasteiger charge is -2.14. The highest BCUT2D eigenvalue weighted by atomic mass is 15.0. The number of hydrogen-bond acceptors (Lipinski definition) is 3. The summed E-state index contributed by atoms with van der Waals surface area (Å²) in [6, 6.07) is 0. The van der Waals surface area contributed by atoms with Gasteiger partial charge in [-0.1, -0.05) is 13.8 Å². The van der Waals surface area contributed by atoms with Crippen molar-refractivity contribution >= 4 is 5.82 Å². The van der Waals surface area contributed by atoms with Gasteiger partial charge >= 0.3 is 0 Å². The van der Waals surface area contributed by atoms with Crippen molar-refractivity contribution in [3.63, 3.8) is 0 Å². The number of anilines is 1. The Hall–Kier alpha value is -1.12. The minimum Gasteiger partial charge on any atom is -0.373 e. The Labute approximate surface area is 104 Å². The monoisotopic (exact) mass is 233 g/mol. The van der Waals surface area contributed by atoms with Crippen LogP contribution in [-0.2, 0) is 6.42 Å². The van der Waals surface area contributed by atoms with Crippen LogP contribution in [0.2, 0.25) is 0 Å². The molecule has 1 fully saturated rings. The van der Waals surface area contributed by atoms with Crippen LogP contribution in [0.1, 0.15) is 56.1 Å². The number of nitrogens with one attached hydrogen (secondary N) is 1. The van der Waals surface area contributed by atoms with Crippen molar-refractivity contribution in [3.8, 4) is 0 Å². The summed E-state index contributed by atoms with van der Waals surface area (Å²) in [6.07, 6.45) is 4.80. The van der Waals surface area contributed by atoms with Crippen LogP contribution in [0, 0.1) is 12.8 Å². The van der Waals surface area contributed by atoms with Gasteiger partial charge in [0.05, 0.1) is 0 Å². The molecule has 0 spiro atoms. The highest BCUT2D eigenvalue weighted by Gasteiger charge is 2.26. The molecule has 1 aliphatic carbocycles. The lowest BCUT2D eigenvalue weighted by molar-refractivity contribution is 0.584. The molecule has 3 nitrogen and oxygen atoms in total. The summed E-state index contributed by atoms with van der Waals surface area (Å²) < 4.78 is 0. The van der Waals surface area contributed by atoms with E-state index in [0.29, 0.717) is 5.92 Å². The van der Waals surface area contributed by atoms with Gasteiger partial charge in [-0.15, -0.1) is 0 Å². The van der Waals surface area contributed by atoms with Gasteiger partial charge in [-0.05, 0) is 38.5 Å². The molecule has 0 aliphatic heterocycles. The number of rotatable bonds is 3. The van der Waals surface area contributed by atoms with E-state index < -0.39 is 0 Å². The van der Waals surface area contributed by atoms with Gasteiger partial charge in [-0.25, -0.2) is 9.97 Å². The second kappa shape index (κ2) is 5.03. The molecular formula is C14H23N3. The molecule has 2 rings (SSSR count). The minimum absolute atomic E-state index is 0.571. The van der Waals surface area contributed by atoms with Crippen LogP contribution < -0.4 is 5.32 Å². The molecule has 1 saturated carbocycles. The van der Waals surface area contributed by atoms with Crippen LogP contribution in [-0.4, -0.2) is 17.0 Å². The van der Waals surface area contributed by atoms with Gasteiger partial charge in [0.15, 0.2) is 0 Å². The van der Waals surface area contributed by atoms with E-state index in [1.807, 2.05) is 7.05 Å². The summed E-state index contributed by atoms with van der Waals surface area (Å²) in [5, 5.41) is 3.21. The number of hydrogen-bond donors (Lipinski definition) is 1. The highest BCUT2D eigenvalue weighted by molar-refractivity contribution is 5.46. The Morgan fingerprint density at radius 2 is 2.06 bits per heavy atom. The lowest BCUT2D eigenvalue weighted by Crippen LogP contribution is -2.09. The van der Waals surface area contributed by atoms with Crippen molar-refractivity contribution in [1.82, 2.24) is 9.97 Å². The first kappa shape index (κ1) is 12.3. The van der Waals surface area contributed by atoms with Crippen molar-refractivity contribution < 1.29 is 0 Å². The maximum Gasteiger partial charge on any atom is 0.134 e. The average Bonchev–Trinajstić information content (AvgIpc) is 2.74. The predicted molar refractivity (Wildman–Crippen MR) is 71.4 cm³/mol. The Morgan fingerprint density at radius 3 is 2.59 bits per heavy atom. The third kappa shape index (κ3) is 2.43. The average molecular weight is 233 g/mol. The molecule has 0 radical (unpaired) electrons. The summed E-state index contributed by atoms with van der Waals surface area (Å²) in [5.41, 5.74) is 2.39. The topological polar surface area (TPSA) is 37.8 Å². The molecule has 1 N–H and O–H groups in total. The summed E-state index contributed by atoms with van der Waals surface area (Å²) in [7, 11) is 1.95. The fourth-order valence-electron chi connectivity index (χ4n) is 2.87. The van der Waals surface area contributed by atoms with Gasteiger partial charge in [0, 0.05) is 24.2 Å². The zero-order valence-electron chi connectivity index (χ0n) is 11.4. The van der Waals surface area contributed by atoms with Gasteiger partial charge in [-0.2, -0.15) is 0 Å². The SMILES string of the molecule is CCc1c(C)nc(C2CCC(C)C2)nc1NC. The van der Waals surface area contributed by atoms with Gasteiger partial charge < -0.3 is 5.32 Å². The largest absolute Gasteiger partial charge is 0.373 e. The minimum atomic E-state index is 0.571. The lowest BCUT2D eigenvalue weighted by atomic mass is 10.0. The molecular weight excluding hydrogens is 210 g/mol. The number of aromatic nitrogens is 2. The van der Waals surface area contributed by atoms with Crippen LogP contribution in [0.3, 0.4) is 0 Å². The molecule has 2 unspecified atom stereocenters. The van der Waals surface area contributed by atoms with Gasteiger partial charge in [-0.3, -0.25) is 0 Å². The summed E-state index contributed by atoms with van der Waals surface area (Å²) in [6.45, 7) is 6.58. The van der Waals surface area contributed by atoms with Crippen LogP contribution in [0.4, 0.5) is 5.82 Å². The molecule has 0 amide bonds. The van der Waals surface area contributed by atoms with Crippen molar-refractivity contribution in [2.75, 3.05) is 12.4 Å². The molecule has 1 heterocycles. The molecule has 1 aliphatic rings. The predicted octanol–water partition coefficient (Wildman–Crippen LogP) is 3.29. The molecule has 0 aromatic carbocycles. The Bertz CT molecular complexity index is 401. The molecule has 0 saturated heterocycles. The van der Waals surface area contributed by atoms with E-state index in [9.17, 15) is 0 Å². The van der Waals surface area contributed by atoms with E-state index in [2.05, 4.69) is 26.1 Å². The fourth-order valence-corrected chi connectivity index (χ4v) is 2.87. The van der Waals surface area contributed by atoms with Crippen molar-refractivity contribution in [2.45, 2.75) is 52.4 Å². The van der Waals surface area contributed by atoms with E-state index in [1.165, 1.54) is 24.8 Å². The van der Waals surface area contributed by atoms with E-state index in [0.717, 1.165) is 29.7 Å². The standard InChI is InChI=1S/C14H23N3/c1-5-12-10(3)16-13(17-14(12)15-4)11-7-6-9(2)8-11/h9,11H,5-8H2,1-4H3,(H,15,16,17). The summed E-state index contributed by atoms with van der Waals surface area (Å²) >= 11 is 0. The quantitative estimate of drug-likeness (QED) is 0.870. The van der Waals surface area contributed by atoms with Crippen molar-refractivity contribution in [2.24, 2.45) is 5.92 Å². The first-order valence-electron chi connectivity index (χ1n) is 6.70. The maximum atomic E-state index is 4.72. The van der Waals surface area contributed by atoms with Crippen LogP contribution in [0.15, 0.2) is 0 Å². The molecule has 1 aromatic rings. The van der Waals surface area contributed by atoms with Crippen LogP contribution >= 0.6 is 0 Å². The summed E-state index contributed by atoms with van der Waals surface area (Å²) in [4.78, 5) is 9.43. The first-order valence-corrected chi connectivity index (χ1v) is 6.70. The fraction of sp³-hybridized carbons (Fsp3) is 0.714. The van der Waals surface area contributed by atoms with Gasteiger partial charge in [0.25, 0.3) is 0 Å². The number of aryl methyl sites for hydroxylation is 1. The first-order chi connectivity index (χ1) is 8.15. The van der Waals surface area contributed by atoms with Crippen molar-refractivity contribution in [1.29, 1.82) is 0 Å². The summed E-state index contributed by atoms with van der Waals surface area (Å²) in [5.74, 6) is 3.47.